The van der Waals surface area contributed by atoms with Gasteiger partial charge in [0.25, 0.3) is 0 Å². The summed E-state index contributed by atoms with van der Waals surface area (Å²) in [4.78, 5) is 0. The Kier molecular flexibility index (Phi) is 5.83. The van der Waals surface area contributed by atoms with E-state index in [1.165, 1.54) is 3.57 Å². The molecule has 2 aromatic carbocycles. The number of para-hydroxylation sites is 1. The molecule has 0 heterocycles. The molecule has 2 rings (SSSR count). The fraction of sp³-hybridized carbons (Fsp3) is 0.200. The molecule has 0 amide bonds. The summed E-state index contributed by atoms with van der Waals surface area (Å²) in [6.45, 7) is 0. The molecule has 106 valence electrons. The first-order chi connectivity index (χ1) is 9.65. The molecule has 2 aromatic rings. The number of rotatable bonds is 5. The zero-order chi connectivity index (χ0) is 14.5. The third-order valence-corrected chi connectivity index (χ3v) is 4.54. The molecule has 0 aliphatic heterocycles. The highest BCUT2D eigenvalue weighted by Crippen LogP contribution is 2.29. The molecule has 5 heteroatoms. The highest BCUT2D eigenvalue weighted by atomic mass is 127. The summed E-state index contributed by atoms with van der Waals surface area (Å²) in [6.07, 6.45) is 0.763. The van der Waals surface area contributed by atoms with Crippen molar-refractivity contribution in [3.8, 4) is 5.75 Å². The summed E-state index contributed by atoms with van der Waals surface area (Å²) in [5, 5.41) is 0. The maximum absolute atomic E-state index is 5.75. The molecule has 1 unspecified atom stereocenters. The lowest BCUT2D eigenvalue weighted by atomic mass is 9.99. The number of ether oxygens (including phenoxy) is 1. The van der Waals surface area contributed by atoms with Crippen molar-refractivity contribution in [2.75, 3.05) is 7.11 Å². The second kappa shape index (κ2) is 7.40. The number of benzene rings is 2. The lowest BCUT2D eigenvalue weighted by Gasteiger charge is -2.19. The molecule has 3 N–H and O–H groups in total. The minimum absolute atomic E-state index is 0.0235. The van der Waals surface area contributed by atoms with Crippen LogP contribution in [0.15, 0.2) is 46.9 Å². The molecule has 0 saturated heterocycles. The normalized spacial score (nSPS) is 12.2. The fourth-order valence-corrected chi connectivity index (χ4v) is 3.17. The smallest absolute Gasteiger partial charge is 0.122 e. The Labute approximate surface area is 141 Å². The second-order valence-electron chi connectivity index (χ2n) is 4.40. The minimum atomic E-state index is 0.0235. The van der Waals surface area contributed by atoms with Crippen molar-refractivity contribution in [2.45, 2.75) is 12.5 Å². The molecular weight excluding hydrogens is 431 g/mol. The molecule has 0 aliphatic rings. The third-order valence-electron chi connectivity index (χ3n) is 3.15. The van der Waals surface area contributed by atoms with E-state index in [0.29, 0.717) is 0 Å². The summed E-state index contributed by atoms with van der Waals surface area (Å²) in [5.41, 5.74) is 5.17. The van der Waals surface area contributed by atoms with E-state index in [2.05, 4.69) is 62.1 Å². The van der Waals surface area contributed by atoms with Gasteiger partial charge in [-0.2, -0.15) is 0 Å². The zero-order valence-electron chi connectivity index (χ0n) is 11.1. The van der Waals surface area contributed by atoms with E-state index in [-0.39, 0.29) is 6.04 Å². The van der Waals surface area contributed by atoms with Crippen molar-refractivity contribution < 1.29 is 4.74 Å². The van der Waals surface area contributed by atoms with Gasteiger partial charge < -0.3 is 4.74 Å². The molecule has 1 atom stereocenters. The van der Waals surface area contributed by atoms with Crippen LogP contribution in [-0.4, -0.2) is 7.11 Å². The van der Waals surface area contributed by atoms with Crippen LogP contribution in [0.5, 0.6) is 5.75 Å². The molecule has 0 saturated carbocycles. The summed E-state index contributed by atoms with van der Waals surface area (Å²) < 4.78 is 7.63. The van der Waals surface area contributed by atoms with Crippen LogP contribution in [0.25, 0.3) is 0 Å². The Morgan fingerprint density at radius 1 is 1.30 bits per heavy atom. The Bertz CT molecular complexity index is 592. The minimum Gasteiger partial charge on any atom is -0.496 e. The molecule has 0 bridgehead atoms. The summed E-state index contributed by atoms with van der Waals surface area (Å²) in [7, 11) is 1.69. The van der Waals surface area contributed by atoms with Gasteiger partial charge in [-0.25, -0.2) is 0 Å². The standard InChI is InChI=1S/C15H16BrIN2O/c1-20-15-5-3-2-4-10(15)8-14(19-18)12-9-11(17)6-7-13(12)16/h2-7,9,14,19H,8,18H2,1H3. The fourth-order valence-electron chi connectivity index (χ4n) is 2.13. The molecule has 0 aliphatic carbocycles. The van der Waals surface area contributed by atoms with Crippen LogP contribution in [0.1, 0.15) is 17.2 Å². The van der Waals surface area contributed by atoms with Gasteiger partial charge in [-0.3, -0.25) is 11.3 Å². The van der Waals surface area contributed by atoms with Gasteiger partial charge in [-0.1, -0.05) is 34.1 Å². The Hall–Kier alpha value is -0.630. The van der Waals surface area contributed by atoms with Gasteiger partial charge in [0, 0.05) is 8.04 Å². The predicted octanol–water partition coefficient (Wildman–Crippen LogP) is 3.81. The van der Waals surface area contributed by atoms with Gasteiger partial charge in [-0.15, -0.1) is 0 Å². The third kappa shape index (κ3) is 3.72. The van der Waals surface area contributed by atoms with E-state index in [1.807, 2.05) is 24.3 Å². The average Bonchev–Trinajstić information content (AvgIpc) is 2.48. The van der Waals surface area contributed by atoms with E-state index in [1.54, 1.807) is 7.11 Å². The van der Waals surface area contributed by atoms with Crippen molar-refractivity contribution in [3.63, 3.8) is 0 Å². The van der Waals surface area contributed by atoms with Crippen molar-refractivity contribution in [1.29, 1.82) is 0 Å². The monoisotopic (exact) mass is 446 g/mol. The maximum Gasteiger partial charge on any atom is 0.122 e. The van der Waals surface area contributed by atoms with Gasteiger partial charge >= 0.3 is 0 Å². The molecule has 0 aromatic heterocycles. The lowest BCUT2D eigenvalue weighted by Crippen LogP contribution is -2.30. The Balaban J connectivity index is 2.31. The van der Waals surface area contributed by atoms with Crippen molar-refractivity contribution in [2.24, 2.45) is 5.84 Å². The second-order valence-corrected chi connectivity index (χ2v) is 6.50. The van der Waals surface area contributed by atoms with E-state index in [4.69, 9.17) is 10.6 Å². The highest BCUT2D eigenvalue weighted by molar-refractivity contribution is 14.1. The van der Waals surface area contributed by atoms with Gasteiger partial charge in [0.1, 0.15) is 5.75 Å². The van der Waals surface area contributed by atoms with Crippen LogP contribution in [0, 0.1) is 3.57 Å². The van der Waals surface area contributed by atoms with Gasteiger partial charge in [0.15, 0.2) is 0 Å². The highest BCUT2D eigenvalue weighted by Gasteiger charge is 2.16. The van der Waals surface area contributed by atoms with Crippen molar-refractivity contribution in [3.05, 3.63) is 61.6 Å². The number of hydrogen-bond acceptors (Lipinski definition) is 3. The number of hydrazine groups is 1. The Morgan fingerprint density at radius 3 is 2.75 bits per heavy atom. The molecule has 20 heavy (non-hydrogen) atoms. The maximum atomic E-state index is 5.75. The molecule has 3 nitrogen and oxygen atoms in total. The first kappa shape index (κ1) is 15.8. The molecular formula is C15H16BrIN2O. The lowest BCUT2D eigenvalue weighted by molar-refractivity contribution is 0.405. The van der Waals surface area contributed by atoms with Crippen LogP contribution >= 0.6 is 38.5 Å². The first-order valence-electron chi connectivity index (χ1n) is 6.18. The summed E-state index contributed by atoms with van der Waals surface area (Å²) >= 11 is 5.89. The summed E-state index contributed by atoms with van der Waals surface area (Å²) in [6, 6.07) is 14.3. The average molecular weight is 447 g/mol. The zero-order valence-corrected chi connectivity index (χ0v) is 14.8. The van der Waals surface area contributed by atoms with Crippen LogP contribution < -0.4 is 16.0 Å². The number of nitrogens with one attached hydrogen (secondary N) is 1. The van der Waals surface area contributed by atoms with Crippen LogP contribution in [-0.2, 0) is 6.42 Å². The van der Waals surface area contributed by atoms with Crippen molar-refractivity contribution in [1.82, 2.24) is 5.43 Å². The number of nitrogens with two attached hydrogens (primary N) is 1. The summed E-state index contributed by atoms with van der Waals surface area (Å²) in [5.74, 6) is 6.63. The molecule has 0 radical (unpaired) electrons. The van der Waals surface area contributed by atoms with E-state index >= 15 is 0 Å². The first-order valence-corrected chi connectivity index (χ1v) is 8.06. The van der Waals surface area contributed by atoms with Crippen LogP contribution in [0.3, 0.4) is 0 Å². The van der Waals surface area contributed by atoms with E-state index in [0.717, 1.165) is 27.8 Å². The quantitative estimate of drug-likeness (QED) is 0.417. The van der Waals surface area contributed by atoms with Crippen LogP contribution in [0.2, 0.25) is 0 Å². The SMILES string of the molecule is COc1ccccc1CC(NN)c1cc(I)ccc1Br. The number of halogens is 2. The topological polar surface area (TPSA) is 47.3 Å². The van der Waals surface area contributed by atoms with Gasteiger partial charge in [-0.05, 0) is 64.4 Å². The van der Waals surface area contributed by atoms with E-state index in [9.17, 15) is 0 Å². The largest absolute Gasteiger partial charge is 0.496 e. The van der Waals surface area contributed by atoms with Crippen molar-refractivity contribution >= 4 is 38.5 Å². The molecule has 0 spiro atoms. The van der Waals surface area contributed by atoms with Gasteiger partial charge in [0.2, 0.25) is 0 Å². The van der Waals surface area contributed by atoms with Gasteiger partial charge in [0.05, 0.1) is 13.2 Å². The van der Waals surface area contributed by atoms with E-state index < -0.39 is 0 Å². The predicted molar refractivity (Wildman–Crippen MR) is 93.6 cm³/mol. The number of hydrogen-bond donors (Lipinski definition) is 2. The Morgan fingerprint density at radius 2 is 2.05 bits per heavy atom. The number of methoxy groups -OCH3 is 1. The van der Waals surface area contributed by atoms with Crippen LogP contribution in [0.4, 0.5) is 0 Å². The molecule has 0 fully saturated rings.